The lowest BCUT2D eigenvalue weighted by Gasteiger charge is -2.29. The summed E-state index contributed by atoms with van der Waals surface area (Å²) in [4.78, 5) is 10.5. The molecule has 2 aromatic heterocycles. The first-order chi connectivity index (χ1) is 28.1. The Kier molecular flexibility index (Phi) is 7.84. The zero-order valence-electron chi connectivity index (χ0n) is 31.4. The van der Waals surface area contributed by atoms with Gasteiger partial charge in [0.15, 0.2) is 5.82 Å². The lowest BCUT2D eigenvalue weighted by Crippen LogP contribution is -2.22. The normalized spacial score (nSPS) is 12.8. The van der Waals surface area contributed by atoms with E-state index in [1.165, 1.54) is 53.6 Å². The molecule has 0 radical (unpaired) electrons. The molecule has 57 heavy (non-hydrogen) atoms. The fourth-order valence-electron chi connectivity index (χ4n) is 8.93. The molecular formula is C54H36N2S. The Balaban J connectivity index is 1.04. The van der Waals surface area contributed by atoms with E-state index < -0.39 is 0 Å². The molecule has 3 heteroatoms. The number of hydrogen-bond acceptors (Lipinski definition) is 3. The van der Waals surface area contributed by atoms with Gasteiger partial charge >= 0.3 is 0 Å². The van der Waals surface area contributed by atoms with Crippen LogP contribution < -0.4 is 0 Å². The van der Waals surface area contributed by atoms with Crippen LogP contribution in [-0.4, -0.2) is 9.97 Å². The van der Waals surface area contributed by atoms with E-state index in [4.69, 9.17) is 9.97 Å². The van der Waals surface area contributed by atoms with Gasteiger partial charge in [-0.25, -0.2) is 9.97 Å². The van der Waals surface area contributed by atoms with Crippen LogP contribution in [0.5, 0.6) is 0 Å². The molecule has 1 aliphatic rings. The molecule has 0 aliphatic heterocycles. The van der Waals surface area contributed by atoms with Gasteiger partial charge in [-0.3, -0.25) is 0 Å². The summed E-state index contributed by atoms with van der Waals surface area (Å²) in [6, 6.07) is 72.3. The van der Waals surface area contributed by atoms with Crippen LogP contribution in [-0.2, 0) is 5.41 Å². The van der Waals surface area contributed by atoms with Crippen LogP contribution in [0.2, 0.25) is 0 Å². The van der Waals surface area contributed by atoms with E-state index in [9.17, 15) is 0 Å². The fourth-order valence-corrected chi connectivity index (χ4v) is 10.0. The number of nitrogens with zero attached hydrogens (tertiary/aromatic N) is 2. The lowest BCUT2D eigenvalue weighted by molar-refractivity contribution is 0.714. The quantitative estimate of drug-likeness (QED) is 0.169. The Morgan fingerprint density at radius 1 is 0.368 bits per heavy atom. The summed E-state index contributed by atoms with van der Waals surface area (Å²) in [5, 5.41) is 2.60. The number of fused-ring (bicyclic) bond motifs is 6. The van der Waals surface area contributed by atoms with Crippen molar-refractivity contribution < 1.29 is 0 Å². The number of benzene rings is 8. The minimum atomic E-state index is -0.285. The van der Waals surface area contributed by atoms with E-state index in [2.05, 4.69) is 201 Å². The molecule has 0 N–H and O–H groups in total. The van der Waals surface area contributed by atoms with Crippen molar-refractivity contribution in [1.82, 2.24) is 9.97 Å². The average Bonchev–Trinajstić information content (AvgIpc) is 3.79. The molecule has 10 aromatic rings. The molecule has 11 rings (SSSR count). The van der Waals surface area contributed by atoms with Crippen LogP contribution in [0.3, 0.4) is 0 Å². The number of aromatic nitrogens is 2. The van der Waals surface area contributed by atoms with Crippen LogP contribution >= 0.6 is 11.3 Å². The summed E-state index contributed by atoms with van der Waals surface area (Å²) in [6.45, 7) is 2.38. The highest BCUT2D eigenvalue weighted by molar-refractivity contribution is 7.25. The van der Waals surface area contributed by atoms with Crippen molar-refractivity contribution in [3.8, 4) is 67.3 Å². The monoisotopic (exact) mass is 744 g/mol. The molecule has 0 bridgehead atoms. The van der Waals surface area contributed by atoms with Crippen LogP contribution in [0.4, 0.5) is 0 Å². The van der Waals surface area contributed by atoms with Gasteiger partial charge in [-0.05, 0) is 93.4 Å². The van der Waals surface area contributed by atoms with Crippen molar-refractivity contribution in [2.75, 3.05) is 0 Å². The predicted octanol–water partition coefficient (Wildman–Crippen LogP) is 14.5. The van der Waals surface area contributed by atoms with Gasteiger partial charge in [-0.2, -0.15) is 0 Å². The third-order valence-electron chi connectivity index (χ3n) is 11.8. The molecule has 0 atom stereocenters. The minimum Gasteiger partial charge on any atom is -0.228 e. The zero-order valence-corrected chi connectivity index (χ0v) is 32.2. The molecule has 268 valence electrons. The van der Waals surface area contributed by atoms with Gasteiger partial charge < -0.3 is 0 Å². The molecule has 8 aromatic carbocycles. The highest BCUT2D eigenvalue weighted by atomic mass is 32.1. The van der Waals surface area contributed by atoms with Crippen molar-refractivity contribution in [3.63, 3.8) is 0 Å². The molecule has 0 fully saturated rings. The maximum absolute atomic E-state index is 5.29. The lowest BCUT2D eigenvalue weighted by atomic mass is 9.73. The van der Waals surface area contributed by atoms with Gasteiger partial charge in [0.1, 0.15) is 0 Å². The molecule has 2 nitrogen and oxygen atoms in total. The van der Waals surface area contributed by atoms with Gasteiger partial charge in [0.05, 0.1) is 11.4 Å². The molecule has 2 heterocycles. The Morgan fingerprint density at radius 2 is 0.947 bits per heavy atom. The zero-order chi connectivity index (χ0) is 37.9. The predicted molar refractivity (Wildman–Crippen MR) is 240 cm³/mol. The summed E-state index contributed by atoms with van der Waals surface area (Å²) in [5.74, 6) is 0.704. The first-order valence-electron chi connectivity index (χ1n) is 19.5. The van der Waals surface area contributed by atoms with Crippen molar-refractivity contribution in [2.45, 2.75) is 12.3 Å². The summed E-state index contributed by atoms with van der Waals surface area (Å²) < 4.78 is 2.62. The van der Waals surface area contributed by atoms with Gasteiger partial charge in [-0.15, -0.1) is 11.3 Å². The van der Waals surface area contributed by atoms with Crippen LogP contribution in [0, 0.1) is 0 Å². The summed E-state index contributed by atoms with van der Waals surface area (Å²) in [5.41, 5.74) is 15.8. The summed E-state index contributed by atoms with van der Waals surface area (Å²) in [6.07, 6.45) is 0. The maximum atomic E-state index is 5.29. The number of thiophene rings is 1. The van der Waals surface area contributed by atoms with Crippen molar-refractivity contribution in [3.05, 3.63) is 217 Å². The summed E-state index contributed by atoms with van der Waals surface area (Å²) in [7, 11) is 0. The van der Waals surface area contributed by atoms with Gasteiger partial charge in [0.2, 0.25) is 0 Å². The number of rotatable bonds is 6. The third-order valence-corrected chi connectivity index (χ3v) is 13.0. The third kappa shape index (κ3) is 5.54. The standard InChI is InChI=1S/C54H36N2S/c1-54(47-26-10-7-22-42(47)43-23-8-11-27-48(43)54)40-20-14-18-38(32-40)41-21-5-6-24-44(41)50-34-49(55-53(56-50)35-15-3-2-4-16-35)39-19-13-17-36(31-39)37-29-30-52-46(33-37)45-25-9-12-28-51(45)57-52/h2-34H,1H3. The first-order valence-corrected chi connectivity index (χ1v) is 20.3. The highest BCUT2D eigenvalue weighted by Crippen LogP contribution is 2.52. The largest absolute Gasteiger partial charge is 0.228 e. The van der Waals surface area contributed by atoms with Crippen molar-refractivity contribution in [2.24, 2.45) is 0 Å². The fraction of sp³-hybridized carbons (Fsp3) is 0.0370. The molecule has 0 saturated carbocycles. The SMILES string of the molecule is CC1(c2cccc(-c3ccccc3-c3cc(-c4cccc(-c5ccc6sc7ccccc7c6c5)c4)nc(-c4ccccc4)n3)c2)c2ccccc2-c2ccccc21. The van der Waals surface area contributed by atoms with Gasteiger partial charge in [0, 0.05) is 42.3 Å². The van der Waals surface area contributed by atoms with Gasteiger partial charge in [0.25, 0.3) is 0 Å². The second kappa shape index (κ2) is 13.4. The molecular weight excluding hydrogens is 709 g/mol. The van der Waals surface area contributed by atoms with Crippen LogP contribution in [0.25, 0.3) is 87.5 Å². The topological polar surface area (TPSA) is 25.8 Å². The van der Waals surface area contributed by atoms with E-state index in [0.29, 0.717) is 5.82 Å². The molecule has 1 aliphatic carbocycles. The smallest absolute Gasteiger partial charge is 0.160 e. The second-order valence-corrected chi connectivity index (χ2v) is 16.1. The van der Waals surface area contributed by atoms with Crippen LogP contribution in [0.1, 0.15) is 23.6 Å². The van der Waals surface area contributed by atoms with E-state index in [1.54, 1.807) is 0 Å². The second-order valence-electron chi connectivity index (χ2n) is 15.1. The minimum absolute atomic E-state index is 0.285. The number of hydrogen-bond donors (Lipinski definition) is 0. The maximum Gasteiger partial charge on any atom is 0.160 e. The molecule has 0 amide bonds. The summed E-state index contributed by atoms with van der Waals surface area (Å²) >= 11 is 1.85. The van der Waals surface area contributed by atoms with E-state index in [-0.39, 0.29) is 5.41 Å². The molecule has 0 spiro atoms. The van der Waals surface area contributed by atoms with Crippen molar-refractivity contribution in [1.29, 1.82) is 0 Å². The Hall–Kier alpha value is -6.94. The Bertz CT molecular complexity index is 3110. The molecule has 0 unspecified atom stereocenters. The Morgan fingerprint density at radius 3 is 1.75 bits per heavy atom. The van der Waals surface area contributed by atoms with Gasteiger partial charge in [-0.1, -0.05) is 164 Å². The molecule has 0 saturated heterocycles. The Labute approximate surface area is 336 Å². The highest BCUT2D eigenvalue weighted by Gasteiger charge is 2.40. The first kappa shape index (κ1) is 33.4. The van der Waals surface area contributed by atoms with E-state index in [0.717, 1.165) is 44.8 Å². The van der Waals surface area contributed by atoms with Crippen molar-refractivity contribution >= 4 is 31.5 Å². The average molecular weight is 745 g/mol. The van der Waals surface area contributed by atoms with E-state index >= 15 is 0 Å². The van der Waals surface area contributed by atoms with Crippen LogP contribution in [0.15, 0.2) is 200 Å². The van der Waals surface area contributed by atoms with E-state index in [1.807, 2.05) is 17.4 Å².